The van der Waals surface area contributed by atoms with E-state index in [0.717, 1.165) is 44.1 Å². The summed E-state index contributed by atoms with van der Waals surface area (Å²) in [5.41, 5.74) is -0.0591. The zero-order valence-corrected chi connectivity index (χ0v) is 13.8. The maximum absolute atomic E-state index is 11.1. The molecule has 118 valence electrons. The maximum Gasteiger partial charge on any atom is 0.208 e. The maximum atomic E-state index is 11.1. The Kier molecular flexibility index (Phi) is 4.33. The minimum atomic E-state index is -3.09. The van der Waals surface area contributed by atoms with Crippen LogP contribution in [0, 0.1) is 5.92 Å². The Hall–Kier alpha value is -0.540. The molecular weight excluding hydrogens is 310 g/mol. The molecule has 0 amide bonds. The molecule has 6 nitrogen and oxygen atoms in total. The first kappa shape index (κ1) is 15.4. The summed E-state index contributed by atoms with van der Waals surface area (Å²) in [6.07, 6.45) is 4.91. The molecule has 1 N–H and O–H groups in total. The molecule has 2 fully saturated rings. The summed E-state index contributed by atoms with van der Waals surface area (Å²) in [4.78, 5) is 6.66. The van der Waals surface area contributed by atoms with Crippen LogP contribution in [0.2, 0.25) is 0 Å². The number of rotatable bonds is 6. The third kappa shape index (κ3) is 3.62. The molecule has 0 unspecified atom stereocenters. The van der Waals surface area contributed by atoms with Crippen molar-refractivity contribution in [3.05, 3.63) is 16.6 Å². The Labute approximate surface area is 129 Å². The summed E-state index contributed by atoms with van der Waals surface area (Å²) in [6.45, 7) is 4.03. The first-order chi connectivity index (χ1) is 9.97. The number of ether oxygens (including phenoxy) is 1. The van der Waals surface area contributed by atoms with E-state index in [1.54, 1.807) is 11.3 Å². The Balaban J connectivity index is 1.49. The highest BCUT2D eigenvalue weighted by molar-refractivity contribution is 7.88. The molecule has 0 aromatic carbocycles. The van der Waals surface area contributed by atoms with Gasteiger partial charge in [0.25, 0.3) is 0 Å². The molecule has 0 radical (unpaired) electrons. The van der Waals surface area contributed by atoms with E-state index in [9.17, 15) is 8.42 Å². The van der Waals surface area contributed by atoms with E-state index < -0.39 is 10.0 Å². The van der Waals surface area contributed by atoms with E-state index in [4.69, 9.17) is 4.74 Å². The van der Waals surface area contributed by atoms with Crippen molar-refractivity contribution in [3.63, 3.8) is 0 Å². The highest BCUT2D eigenvalue weighted by Crippen LogP contribution is 2.42. The number of hydrogen-bond acceptors (Lipinski definition) is 6. The SMILES string of the molecule is CS(=O)(=O)NCC[C@@H]1CCOC12CN(Cc1nccs1)C2. The number of hydrogen-bond donors (Lipinski definition) is 1. The average Bonchev–Trinajstić information content (AvgIpc) is 2.97. The fraction of sp³-hybridized carbons (Fsp3) is 0.769. The lowest BCUT2D eigenvalue weighted by atomic mass is 9.79. The van der Waals surface area contributed by atoms with Crippen molar-refractivity contribution in [2.75, 3.05) is 32.5 Å². The van der Waals surface area contributed by atoms with Gasteiger partial charge in [0.05, 0.1) is 18.4 Å². The molecule has 2 saturated heterocycles. The van der Waals surface area contributed by atoms with Crippen LogP contribution >= 0.6 is 11.3 Å². The topological polar surface area (TPSA) is 71.5 Å². The average molecular weight is 331 g/mol. The normalized spacial score (nSPS) is 25.3. The Morgan fingerprint density at radius 2 is 2.38 bits per heavy atom. The first-order valence-corrected chi connectivity index (χ1v) is 9.93. The lowest BCUT2D eigenvalue weighted by molar-refractivity contribution is -0.136. The monoisotopic (exact) mass is 331 g/mol. The van der Waals surface area contributed by atoms with Crippen molar-refractivity contribution < 1.29 is 13.2 Å². The largest absolute Gasteiger partial charge is 0.372 e. The van der Waals surface area contributed by atoms with E-state index in [1.165, 1.54) is 6.26 Å². The van der Waals surface area contributed by atoms with E-state index >= 15 is 0 Å². The molecule has 2 aliphatic rings. The molecular formula is C13H21N3O3S2. The summed E-state index contributed by atoms with van der Waals surface area (Å²) >= 11 is 1.68. The summed E-state index contributed by atoms with van der Waals surface area (Å²) in [5, 5.41) is 3.13. The van der Waals surface area contributed by atoms with E-state index in [1.807, 2.05) is 11.6 Å². The van der Waals surface area contributed by atoms with Crippen LogP contribution in [0.3, 0.4) is 0 Å². The number of thiazole rings is 1. The van der Waals surface area contributed by atoms with Gasteiger partial charge in [0.1, 0.15) is 5.01 Å². The van der Waals surface area contributed by atoms with Gasteiger partial charge in [-0.3, -0.25) is 4.90 Å². The van der Waals surface area contributed by atoms with Gasteiger partial charge in [0, 0.05) is 37.8 Å². The molecule has 1 aromatic rings. The van der Waals surface area contributed by atoms with E-state index in [2.05, 4.69) is 14.6 Å². The van der Waals surface area contributed by atoms with Gasteiger partial charge in [-0.05, 0) is 18.8 Å². The Morgan fingerprint density at radius 3 is 3.05 bits per heavy atom. The molecule has 1 spiro atoms. The summed E-state index contributed by atoms with van der Waals surface area (Å²) in [7, 11) is -3.09. The van der Waals surface area contributed by atoms with Gasteiger partial charge in [0.15, 0.2) is 0 Å². The third-order valence-electron chi connectivity index (χ3n) is 4.28. The Bertz CT molecular complexity index is 567. The van der Waals surface area contributed by atoms with Gasteiger partial charge < -0.3 is 4.74 Å². The number of nitrogens with one attached hydrogen (secondary N) is 1. The number of aromatic nitrogens is 1. The zero-order valence-electron chi connectivity index (χ0n) is 12.1. The van der Waals surface area contributed by atoms with E-state index in [-0.39, 0.29) is 5.60 Å². The second-order valence-corrected chi connectivity index (χ2v) is 8.74. The van der Waals surface area contributed by atoms with Gasteiger partial charge in [-0.2, -0.15) is 0 Å². The number of sulfonamides is 1. The van der Waals surface area contributed by atoms with Crippen LogP contribution in [0.4, 0.5) is 0 Å². The van der Waals surface area contributed by atoms with E-state index in [0.29, 0.717) is 12.5 Å². The predicted molar refractivity (Wildman–Crippen MR) is 81.6 cm³/mol. The van der Waals surface area contributed by atoms with Crippen LogP contribution in [-0.2, 0) is 21.3 Å². The van der Waals surface area contributed by atoms with Gasteiger partial charge in [-0.15, -0.1) is 11.3 Å². The van der Waals surface area contributed by atoms with Crippen molar-refractivity contribution in [2.45, 2.75) is 25.0 Å². The quantitative estimate of drug-likeness (QED) is 0.830. The highest BCUT2D eigenvalue weighted by atomic mass is 32.2. The molecule has 0 saturated carbocycles. The molecule has 21 heavy (non-hydrogen) atoms. The van der Waals surface area contributed by atoms with Crippen molar-refractivity contribution >= 4 is 21.4 Å². The lowest BCUT2D eigenvalue weighted by Crippen LogP contribution is -2.64. The minimum Gasteiger partial charge on any atom is -0.372 e. The number of likely N-dealkylation sites (tertiary alicyclic amines) is 1. The molecule has 0 aliphatic carbocycles. The van der Waals surface area contributed by atoms with Crippen LogP contribution < -0.4 is 4.72 Å². The Morgan fingerprint density at radius 1 is 1.57 bits per heavy atom. The lowest BCUT2D eigenvalue weighted by Gasteiger charge is -2.50. The summed E-state index contributed by atoms with van der Waals surface area (Å²) in [6, 6.07) is 0. The third-order valence-corrected chi connectivity index (χ3v) is 5.77. The molecule has 2 aliphatic heterocycles. The van der Waals surface area contributed by atoms with Crippen LogP contribution in [0.5, 0.6) is 0 Å². The second kappa shape index (κ2) is 5.92. The van der Waals surface area contributed by atoms with Gasteiger partial charge in [-0.1, -0.05) is 0 Å². The van der Waals surface area contributed by atoms with Crippen molar-refractivity contribution in [1.29, 1.82) is 0 Å². The molecule has 3 heterocycles. The van der Waals surface area contributed by atoms with Crippen LogP contribution in [0.15, 0.2) is 11.6 Å². The minimum absolute atomic E-state index is 0.0591. The second-order valence-electron chi connectivity index (χ2n) is 5.93. The van der Waals surface area contributed by atoms with Crippen LogP contribution in [0.25, 0.3) is 0 Å². The van der Waals surface area contributed by atoms with Gasteiger partial charge in [-0.25, -0.2) is 18.1 Å². The predicted octanol–water partition coefficient (Wildman–Crippen LogP) is 0.673. The molecule has 0 bridgehead atoms. The number of nitrogens with zero attached hydrogens (tertiary/aromatic N) is 2. The smallest absolute Gasteiger partial charge is 0.208 e. The fourth-order valence-electron chi connectivity index (χ4n) is 3.31. The van der Waals surface area contributed by atoms with Crippen LogP contribution in [-0.4, -0.2) is 56.4 Å². The van der Waals surface area contributed by atoms with Crippen molar-refractivity contribution in [2.24, 2.45) is 5.92 Å². The molecule has 1 atom stereocenters. The van der Waals surface area contributed by atoms with Crippen LogP contribution in [0.1, 0.15) is 17.8 Å². The van der Waals surface area contributed by atoms with Gasteiger partial charge in [0.2, 0.25) is 10.0 Å². The van der Waals surface area contributed by atoms with Gasteiger partial charge >= 0.3 is 0 Å². The molecule has 1 aromatic heterocycles. The molecule has 8 heteroatoms. The fourth-order valence-corrected chi connectivity index (χ4v) is 4.45. The zero-order chi connectivity index (χ0) is 14.9. The first-order valence-electron chi connectivity index (χ1n) is 7.16. The highest BCUT2D eigenvalue weighted by Gasteiger charge is 2.52. The summed E-state index contributed by atoms with van der Waals surface area (Å²) < 4.78 is 30.8. The van der Waals surface area contributed by atoms with Crippen molar-refractivity contribution in [1.82, 2.24) is 14.6 Å². The standard InChI is InChI=1S/C13H21N3O3S2/c1-21(17,18)15-4-2-11-3-6-19-13(11)9-16(10-13)8-12-14-5-7-20-12/h5,7,11,15H,2-4,6,8-10H2,1H3/t11-/m1/s1. The summed E-state index contributed by atoms with van der Waals surface area (Å²) in [5.74, 6) is 0.444. The van der Waals surface area contributed by atoms with Crippen molar-refractivity contribution in [3.8, 4) is 0 Å². The molecule has 3 rings (SSSR count).